The molecule has 0 aromatic heterocycles. The largest absolute Gasteiger partial charge is 0.465 e. The van der Waals surface area contributed by atoms with Crippen LogP contribution in [0.5, 0.6) is 0 Å². The van der Waals surface area contributed by atoms with Gasteiger partial charge in [0, 0.05) is 25.9 Å². The first-order valence-corrected chi connectivity index (χ1v) is 8.12. The van der Waals surface area contributed by atoms with Crippen molar-refractivity contribution in [3.63, 3.8) is 0 Å². The van der Waals surface area contributed by atoms with Gasteiger partial charge in [-0.15, -0.1) is 0 Å². The molecular weight excluding hydrogens is 290 g/mol. The predicted molar refractivity (Wildman–Crippen MR) is 98.6 cm³/mol. The quantitative estimate of drug-likeness (QED) is 0.268. The SMILES string of the molecule is CC.CC.CC.COC(=O)/C(=C\N(C)C)C(=O)c1ccccc1. The highest BCUT2D eigenvalue weighted by Crippen LogP contribution is 2.10. The van der Waals surface area contributed by atoms with E-state index in [0.29, 0.717) is 5.56 Å². The molecule has 1 rings (SSSR count). The maximum atomic E-state index is 12.1. The molecule has 4 heteroatoms. The molecule has 0 aliphatic heterocycles. The predicted octanol–water partition coefficient (Wildman–Crippen LogP) is 4.57. The summed E-state index contributed by atoms with van der Waals surface area (Å²) in [4.78, 5) is 25.2. The van der Waals surface area contributed by atoms with Crippen LogP contribution in [0.4, 0.5) is 0 Å². The Morgan fingerprint density at radius 2 is 1.35 bits per heavy atom. The second-order valence-corrected chi connectivity index (χ2v) is 3.69. The van der Waals surface area contributed by atoms with Gasteiger partial charge in [-0.2, -0.15) is 0 Å². The van der Waals surface area contributed by atoms with Crippen molar-refractivity contribution in [2.24, 2.45) is 0 Å². The summed E-state index contributed by atoms with van der Waals surface area (Å²) >= 11 is 0. The Morgan fingerprint density at radius 3 is 1.70 bits per heavy atom. The van der Waals surface area contributed by atoms with Crippen molar-refractivity contribution in [3.8, 4) is 0 Å². The topological polar surface area (TPSA) is 46.6 Å². The van der Waals surface area contributed by atoms with E-state index in [0.717, 1.165) is 0 Å². The van der Waals surface area contributed by atoms with E-state index >= 15 is 0 Å². The number of nitrogens with zero attached hydrogens (tertiary/aromatic N) is 1. The van der Waals surface area contributed by atoms with Crippen molar-refractivity contribution in [3.05, 3.63) is 47.7 Å². The summed E-state index contributed by atoms with van der Waals surface area (Å²) in [6.07, 6.45) is 1.46. The van der Waals surface area contributed by atoms with E-state index in [4.69, 9.17) is 0 Å². The standard InChI is InChI=1S/C13H15NO3.3C2H6/c1-14(2)9-11(13(16)17-3)12(15)10-7-5-4-6-8-10;3*1-2/h4-9H,1-3H3;3*1-2H3/b11-9-;;;. The fourth-order valence-electron chi connectivity index (χ4n) is 1.32. The monoisotopic (exact) mass is 323 g/mol. The summed E-state index contributed by atoms with van der Waals surface area (Å²) < 4.78 is 4.60. The summed E-state index contributed by atoms with van der Waals surface area (Å²) in [6, 6.07) is 8.63. The van der Waals surface area contributed by atoms with Gasteiger partial charge in [-0.1, -0.05) is 71.9 Å². The normalized spacial score (nSPS) is 8.83. The van der Waals surface area contributed by atoms with Crippen molar-refractivity contribution < 1.29 is 14.3 Å². The van der Waals surface area contributed by atoms with Gasteiger partial charge in [0.1, 0.15) is 5.57 Å². The van der Waals surface area contributed by atoms with Crippen LogP contribution in [0.3, 0.4) is 0 Å². The summed E-state index contributed by atoms with van der Waals surface area (Å²) in [5, 5.41) is 0. The van der Waals surface area contributed by atoms with Crippen molar-refractivity contribution in [2.45, 2.75) is 41.5 Å². The van der Waals surface area contributed by atoms with Crippen molar-refractivity contribution in [2.75, 3.05) is 21.2 Å². The minimum absolute atomic E-state index is 0.0173. The Bertz CT molecular complexity index is 437. The van der Waals surface area contributed by atoms with Gasteiger partial charge in [0.25, 0.3) is 0 Å². The molecule has 0 fully saturated rings. The molecule has 0 atom stereocenters. The molecule has 1 aromatic carbocycles. The van der Waals surface area contributed by atoms with E-state index in [1.807, 2.05) is 47.6 Å². The molecule has 0 bridgehead atoms. The first kappa shape index (κ1) is 25.8. The fourth-order valence-corrected chi connectivity index (χ4v) is 1.32. The zero-order valence-electron chi connectivity index (χ0n) is 16.1. The van der Waals surface area contributed by atoms with Gasteiger partial charge < -0.3 is 9.64 Å². The van der Waals surface area contributed by atoms with E-state index in [9.17, 15) is 9.59 Å². The summed E-state index contributed by atoms with van der Waals surface area (Å²) in [5.41, 5.74) is 0.481. The number of ether oxygens (including phenoxy) is 1. The molecule has 0 saturated carbocycles. The van der Waals surface area contributed by atoms with Gasteiger partial charge in [-0.05, 0) is 0 Å². The van der Waals surface area contributed by atoms with Crippen LogP contribution >= 0.6 is 0 Å². The second kappa shape index (κ2) is 18.0. The Morgan fingerprint density at radius 1 is 0.913 bits per heavy atom. The van der Waals surface area contributed by atoms with E-state index in [1.165, 1.54) is 13.3 Å². The molecule has 0 radical (unpaired) electrons. The molecule has 0 spiro atoms. The molecule has 132 valence electrons. The molecule has 1 aromatic rings. The third-order valence-electron chi connectivity index (χ3n) is 2.07. The fraction of sp³-hybridized carbons (Fsp3) is 0.474. The van der Waals surface area contributed by atoms with Gasteiger partial charge in [-0.25, -0.2) is 4.79 Å². The van der Waals surface area contributed by atoms with Gasteiger partial charge in [0.15, 0.2) is 0 Å². The Labute approximate surface area is 142 Å². The lowest BCUT2D eigenvalue weighted by atomic mass is 10.0. The highest BCUT2D eigenvalue weighted by molar-refractivity contribution is 6.24. The third kappa shape index (κ3) is 11.2. The number of hydrogen-bond donors (Lipinski definition) is 0. The molecule has 0 aliphatic carbocycles. The van der Waals surface area contributed by atoms with Gasteiger partial charge >= 0.3 is 5.97 Å². The Kier molecular flexibility index (Phi) is 20.2. The number of ketones is 1. The molecule has 0 aliphatic rings. The highest BCUT2D eigenvalue weighted by Gasteiger charge is 2.20. The molecule has 4 nitrogen and oxygen atoms in total. The van der Waals surface area contributed by atoms with Gasteiger partial charge in [-0.3, -0.25) is 4.79 Å². The molecule has 0 heterocycles. The minimum Gasteiger partial charge on any atom is -0.465 e. The Balaban J connectivity index is -0.000000595. The lowest BCUT2D eigenvalue weighted by Crippen LogP contribution is -2.18. The van der Waals surface area contributed by atoms with E-state index in [2.05, 4.69) is 4.74 Å². The van der Waals surface area contributed by atoms with Gasteiger partial charge in [0.05, 0.1) is 7.11 Å². The number of esters is 1. The number of hydrogen-bond acceptors (Lipinski definition) is 4. The van der Waals surface area contributed by atoms with Crippen LogP contribution in [0, 0.1) is 0 Å². The second-order valence-electron chi connectivity index (χ2n) is 3.69. The zero-order chi connectivity index (χ0) is 18.8. The summed E-state index contributed by atoms with van der Waals surface area (Å²) in [5.74, 6) is -0.973. The smallest absolute Gasteiger partial charge is 0.343 e. The van der Waals surface area contributed by atoms with Crippen LogP contribution in [0.25, 0.3) is 0 Å². The molecule has 23 heavy (non-hydrogen) atoms. The zero-order valence-corrected chi connectivity index (χ0v) is 16.1. The molecule has 0 amide bonds. The van der Waals surface area contributed by atoms with Crippen LogP contribution in [-0.2, 0) is 9.53 Å². The number of rotatable bonds is 4. The Hall–Kier alpha value is -2.10. The van der Waals surface area contributed by atoms with Crippen LogP contribution in [0.2, 0.25) is 0 Å². The number of benzene rings is 1. The van der Waals surface area contributed by atoms with Gasteiger partial charge in [0.2, 0.25) is 5.78 Å². The number of carbonyl (C=O) groups excluding carboxylic acids is 2. The summed E-state index contributed by atoms with van der Waals surface area (Å²) in [7, 11) is 4.73. The van der Waals surface area contributed by atoms with Crippen LogP contribution in [0.15, 0.2) is 42.1 Å². The molecule has 0 saturated heterocycles. The van der Waals surface area contributed by atoms with Crippen LogP contribution in [-0.4, -0.2) is 37.9 Å². The lowest BCUT2D eigenvalue weighted by Gasteiger charge is -2.09. The van der Waals surface area contributed by atoms with Crippen LogP contribution < -0.4 is 0 Å². The minimum atomic E-state index is -0.632. The number of carbonyl (C=O) groups is 2. The maximum absolute atomic E-state index is 12.1. The van der Waals surface area contributed by atoms with Crippen molar-refractivity contribution in [1.29, 1.82) is 0 Å². The molecular formula is C19H33NO3. The maximum Gasteiger partial charge on any atom is 0.343 e. The van der Waals surface area contributed by atoms with Crippen LogP contribution in [0.1, 0.15) is 51.9 Å². The molecule has 0 N–H and O–H groups in total. The number of Topliss-reactive ketones (excluding diaryl/α,β-unsaturated/α-hetero) is 1. The van der Waals surface area contributed by atoms with E-state index in [-0.39, 0.29) is 11.4 Å². The van der Waals surface area contributed by atoms with Crippen molar-refractivity contribution >= 4 is 11.8 Å². The number of methoxy groups -OCH3 is 1. The highest BCUT2D eigenvalue weighted by atomic mass is 16.5. The van der Waals surface area contributed by atoms with E-state index in [1.54, 1.807) is 43.3 Å². The van der Waals surface area contributed by atoms with E-state index < -0.39 is 5.97 Å². The average molecular weight is 323 g/mol. The molecule has 0 unspecified atom stereocenters. The summed E-state index contributed by atoms with van der Waals surface area (Å²) in [6.45, 7) is 12.0. The third-order valence-corrected chi connectivity index (χ3v) is 2.07. The average Bonchev–Trinajstić information content (AvgIpc) is 2.64. The first-order valence-electron chi connectivity index (χ1n) is 8.12. The van der Waals surface area contributed by atoms with Crippen molar-refractivity contribution in [1.82, 2.24) is 4.90 Å². The first-order chi connectivity index (χ1) is 11.1. The lowest BCUT2D eigenvalue weighted by molar-refractivity contribution is -0.135.